The van der Waals surface area contributed by atoms with Crippen molar-refractivity contribution in [2.75, 3.05) is 13.1 Å². The molecule has 3 rings (SSSR count). The number of ketones is 1. The van der Waals surface area contributed by atoms with Gasteiger partial charge in [-0.15, -0.1) is 11.3 Å². The molecule has 0 aliphatic carbocycles. The van der Waals surface area contributed by atoms with E-state index in [1.807, 2.05) is 19.1 Å². The fraction of sp³-hybridized carbons (Fsp3) is 0.353. The van der Waals surface area contributed by atoms with Crippen molar-refractivity contribution < 1.29 is 4.79 Å². The average Bonchev–Trinajstić information content (AvgIpc) is 3.16. The minimum Gasteiger partial charge on any atom is -0.293 e. The largest absolute Gasteiger partial charge is 0.293 e. The van der Waals surface area contributed by atoms with Crippen LogP contribution in [-0.4, -0.2) is 29.8 Å². The first-order valence-corrected chi connectivity index (χ1v) is 8.43. The summed E-state index contributed by atoms with van der Waals surface area (Å²) >= 11 is 7.29. The van der Waals surface area contributed by atoms with E-state index in [1.54, 1.807) is 6.07 Å². The minimum absolute atomic E-state index is 0.0755. The maximum Gasteiger partial charge on any atom is 0.189 e. The Kier molecular flexibility index (Phi) is 4.43. The summed E-state index contributed by atoms with van der Waals surface area (Å²) in [6, 6.07) is 14.1. The summed E-state index contributed by atoms with van der Waals surface area (Å²) in [7, 11) is 0. The van der Waals surface area contributed by atoms with Crippen LogP contribution in [0, 0.1) is 0 Å². The van der Waals surface area contributed by atoms with Gasteiger partial charge in [-0.2, -0.15) is 0 Å². The van der Waals surface area contributed by atoms with Crippen molar-refractivity contribution >= 4 is 28.7 Å². The fourth-order valence-electron chi connectivity index (χ4n) is 2.95. The highest BCUT2D eigenvalue weighted by atomic mass is 35.5. The SMILES string of the molecule is CC(C(=O)c1ccc(Cl)s1)N1CCC(c2ccccc2)C1. The molecule has 0 N–H and O–H groups in total. The van der Waals surface area contributed by atoms with Crippen LogP contribution in [0.5, 0.6) is 0 Å². The minimum atomic E-state index is -0.0755. The zero-order valence-electron chi connectivity index (χ0n) is 12.0. The first-order valence-electron chi connectivity index (χ1n) is 7.23. The summed E-state index contributed by atoms with van der Waals surface area (Å²) in [6.45, 7) is 3.94. The van der Waals surface area contributed by atoms with Gasteiger partial charge in [-0.1, -0.05) is 41.9 Å². The zero-order chi connectivity index (χ0) is 14.8. The van der Waals surface area contributed by atoms with Crippen LogP contribution < -0.4 is 0 Å². The molecule has 1 aromatic heterocycles. The third-order valence-electron chi connectivity index (χ3n) is 4.23. The smallest absolute Gasteiger partial charge is 0.189 e. The van der Waals surface area contributed by atoms with Gasteiger partial charge in [0, 0.05) is 6.54 Å². The van der Waals surface area contributed by atoms with E-state index >= 15 is 0 Å². The molecule has 2 aromatic rings. The zero-order valence-corrected chi connectivity index (χ0v) is 13.5. The molecule has 1 aliphatic heterocycles. The van der Waals surface area contributed by atoms with Gasteiger partial charge in [0.05, 0.1) is 15.3 Å². The summed E-state index contributed by atoms with van der Waals surface area (Å²) in [4.78, 5) is 15.5. The topological polar surface area (TPSA) is 20.3 Å². The van der Waals surface area contributed by atoms with Crippen molar-refractivity contribution in [2.45, 2.75) is 25.3 Å². The molecule has 1 fully saturated rings. The number of Topliss-reactive ketones (excluding diaryl/α,β-unsaturated/α-hetero) is 1. The maximum absolute atomic E-state index is 12.5. The lowest BCUT2D eigenvalue weighted by atomic mass is 9.99. The molecule has 0 radical (unpaired) electrons. The van der Waals surface area contributed by atoms with Gasteiger partial charge < -0.3 is 0 Å². The fourth-order valence-corrected chi connectivity index (χ4v) is 4.02. The van der Waals surface area contributed by atoms with E-state index in [0.717, 1.165) is 24.4 Å². The van der Waals surface area contributed by atoms with Crippen molar-refractivity contribution in [1.29, 1.82) is 0 Å². The number of hydrogen-bond acceptors (Lipinski definition) is 3. The Morgan fingerprint density at radius 1 is 1.29 bits per heavy atom. The van der Waals surface area contributed by atoms with Crippen LogP contribution in [0.25, 0.3) is 0 Å². The average molecular weight is 320 g/mol. The van der Waals surface area contributed by atoms with E-state index in [-0.39, 0.29) is 11.8 Å². The lowest BCUT2D eigenvalue weighted by Crippen LogP contribution is -2.37. The molecule has 4 heteroatoms. The van der Waals surface area contributed by atoms with Crippen LogP contribution in [0.4, 0.5) is 0 Å². The highest BCUT2D eigenvalue weighted by Gasteiger charge is 2.31. The van der Waals surface area contributed by atoms with E-state index in [0.29, 0.717) is 10.3 Å². The normalized spacial score (nSPS) is 20.6. The molecular formula is C17H18ClNOS. The summed E-state index contributed by atoms with van der Waals surface area (Å²) in [5, 5.41) is 0. The van der Waals surface area contributed by atoms with Gasteiger partial charge in [-0.25, -0.2) is 0 Å². The number of halogens is 1. The quantitative estimate of drug-likeness (QED) is 0.775. The first kappa shape index (κ1) is 14.8. The molecule has 2 unspecified atom stereocenters. The first-order chi connectivity index (χ1) is 10.1. The number of thiophene rings is 1. The van der Waals surface area contributed by atoms with Crippen molar-refractivity contribution in [1.82, 2.24) is 4.90 Å². The molecule has 2 nitrogen and oxygen atoms in total. The van der Waals surface area contributed by atoms with Crippen LogP contribution in [0.2, 0.25) is 4.34 Å². The van der Waals surface area contributed by atoms with Gasteiger partial charge in [0.15, 0.2) is 5.78 Å². The number of nitrogens with zero attached hydrogens (tertiary/aromatic N) is 1. The number of carbonyl (C=O) groups excluding carboxylic acids is 1. The third-order valence-corrected chi connectivity index (χ3v) is 5.48. The Labute approximate surface area is 134 Å². The second-order valence-electron chi connectivity index (χ2n) is 5.54. The number of benzene rings is 1. The van der Waals surface area contributed by atoms with Crippen LogP contribution >= 0.6 is 22.9 Å². The molecule has 0 bridgehead atoms. The van der Waals surface area contributed by atoms with Crippen LogP contribution in [0.15, 0.2) is 42.5 Å². The van der Waals surface area contributed by atoms with E-state index in [1.165, 1.54) is 16.9 Å². The second kappa shape index (κ2) is 6.30. The lowest BCUT2D eigenvalue weighted by Gasteiger charge is -2.22. The van der Waals surface area contributed by atoms with Gasteiger partial charge >= 0.3 is 0 Å². The van der Waals surface area contributed by atoms with Crippen LogP contribution in [0.3, 0.4) is 0 Å². The van der Waals surface area contributed by atoms with E-state index in [9.17, 15) is 4.79 Å². The van der Waals surface area contributed by atoms with Crippen molar-refractivity contribution in [3.05, 3.63) is 57.2 Å². The highest BCUT2D eigenvalue weighted by Crippen LogP contribution is 2.30. The summed E-state index contributed by atoms with van der Waals surface area (Å²) in [6.07, 6.45) is 1.12. The molecule has 21 heavy (non-hydrogen) atoms. The second-order valence-corrected chi connectivity index (χ2v) is 7.25. The van der Waals surface area contributed by atoms with Crippen LogP contribution in [0.1, 0.15) is 34.5 Å². The molecule has 1 saturated heterocycles. The number of rotatable bonds is 4. The van der Waals surface area contributed by atoms with E-state index in [4.69, 9.17) is 11.6 Å². The molecule has 1 aliphatic rings. The molecule has 0 amide bonds. The Hall–Kier alpha value is -1.16. The highest BCUT2D eigenvalue weighted by molar-refractivity contribution is 7.18. The standard InChI is InChI=1S/C17H18ClNOS/c1-12(17(20)15-7-8-16(18)21-15)19-10-9-14(11-19)13-5-3-2-4-6-13/h2-8,12,14H,9-11H2,1H3. The van der Waals surface area contributed by atoms with E-state index < -0.39 is 0 Å². The lowest BCUT2D eigenvalue weighted by molar-refractivity contribution is 0.0870. The van der Waals surface area contributed by atoms with Gasteiger partial charge in [0.2, 0.25) is 0 Å². The Morgan fingerprint density at radius 2 is 2.05 bits per heavy atom. The Bertz CT molecular complexity index is 625. The summed E-state index contributed by atoms with van der Waals surface area (Å²) in [5.41, 5.74) is 1.37. The monoisotopic (exact) mass is 319 g/mol. The Balaban J connectivity index is 1.67. The predicted molar refractivity (Wildman–Crippen MR) is 88.5 cm³/mol. The van der Waals surface area contributed by atoms with Gasteiger partial charge in [0.25, 0.3) is 0 Å². The molecule has 2 atom stereocenters. The predicted octanol–water partition coefficient (Wildman–Crippen LogP) is 4.46. The van der Waals surface area contributed by atoms with E-state index in [2.05, 4.69) is 29.2 Å². The van der Waals surface area contributed by atoms with Gasteiger partial charge in [0.1, 0.15) is 0 Å². The summed E-state index contributed by atoms with van der Waals surface area (Å²) in [5.74, 6) is 0.717. The molecule has 0 saturated carbocycles. The maximum atomic E-state index is 12.5. The van der Waals surface area contributed by atoms with Crippen molar-refractivity contribution in [3.63, 3.8) is 0 Å². The molecule has 2 heterocycles. The Morgan fingerprint density at radius 3 is 2.71 bits per heavy atom. The molecule has 0 spiro atoms. The van der Waals surface area contributed by atoms with Crippen molar-refractivity contribution in [3.8, 4) is 0 Å². The third kappa shape index (κ3) is 3.20. The number of hydrogen-bond donors (Lipinski definition) is 0. The molecule has 1 aromatic carbocycles. The number of carbonyl (C=O) groups is 1. The summed E-state index contributed by atoms with van der Waals surface area (Å²) < 4.78 is 0.675. The van der Waals surface area contributed by atoms with Crippen molar-refractivity contribution in [2.24, 2.45) is 0 Å². The van der Waals surface area contributed by atoms with Crippen LogP contribution in [-0.2, 0) is 0 Å². The number of likely N-dealkylation sites (tertiary alicyclic amines) is 1. The van der Waals surface area contributed by atoms with Gasteiger partial charge in [-0.3, -0.25) is 9.69 Å². The molecule has 110 valence electrons. The van der Waals surface area contributed by atoms with Gasteiger partial charge in [-0.05, 0) is 43.5 Å². The molecular weight excluding hydrogens is 302 g/mol.